The number of primary amides is 1. The Kier molecular flexibility index (Phi) is 4.59. The molecule has 0 aliphatic carbocycles. The van der Waals surface area contributed by atoms with Crippen LogP contribution in [0.25, 0.3) is 0 Å². The van der Waals surface area contributed by atoms with Gasteiger partial charge in [-0.3, -0.25) is 9.10 Å². The number of hydrogen-bond donors (Lipinski definition) is 1. The van der Waals surface area contributed by atoms with E-state index in [-0.39, 0.29) is 6.42 Å². The van der Waals surface area contributed by atoms with Crippen molar-refractivity contribution in [2.75, 3.05) is 10.6 Å². The quantitative estimate of drug-likeness (QED) is 0.889. The standard InChI is InChI=1S/C11H15ClN2O3S/c1-3-10(11(13)15)14(18(2,16)17)9-6-4-5-8(12)7-9/h4-7,10H,3H2,1-2H3,(H2,13,15)/t10-/m1/s1. The van der Waals surface area contributed by atoms with Gasteiger partial charge < -0.3 is 5.73 Å². The predicted molar refractivity (Wildman–Crippen MR) is 72.0 cm³/mol. The Morgan fingerprint density at radius 2 is 2.11 bits per heavy atom. The third kappa shape index (κ3) is 3.36. The Morgan fingerprint density at radius 3 is 2.50 bits per heavy atom. The van der Waals surface area contributed by atoms with Crippen molar-refractivity contribution in [2.24, 2.45) is 5.73 Å². The van der Waals surface area contributed by atoms with Crippen molar-refractivity contribution in [3.8, 4) is 0 Å². The van der Waals surface area contributed by atoms with Crippen molar-refractivity contribution in [1.82, 2.24) is 0 Å². The Hall–Kier alpha value is -1.27. The Morgan fingerprint density at radius 1 is 1.50 bits per heavy atom. The van der Waals surface area contributed by atoms with Crippen LogP contribution in [-0.2, 0) is 14.8 Å². The second-order valence-electron chi connectivity index (χ2n) is 3.87. The van der Waals surface area contributed by atoms with Crippen LogP contribution >= 0.6 is 11.6 Å². The molecule has 0 saturated carbocycles. The molecule has 0 saturated heterocycles. The maximum absolute atomic E-state index is 11.8. The van der Waals surface area contributed by atoms with E-state index >= 15 is 0 Å². The van der Waals surface area contributed by atoms with Gasteiger partial charge in [0.2, 0.25) is 15.9 Å². The second-order valence-corrected chi connectivity index (χ2v) is 6.16. The van der Waals surface area contributed by atoms with Gasteiger partial charge in [-0.15, -0.1) is 0 Å². The van der Waals surface area contributed by atoms with Crippen LogP contribution < -0.4 is 10.0 Å². The summed E-state index contributed by atoms with van der Waals surface area (Å²) < 4.78 is 24.6. The van der Waals surface area contributed by atoms with Crippen molar-refractivity contribution in [3.63, 3.8) is 0 Å². The molecule has 1 amide bonds. The van der Waals surface area contributed by atoms with Gasteiger partial charge in [0, 0.05) is 5.02 Å². The van der Waals surface area contributed by atoms with Gasteiger partial charge in [-0.25, -0.2) is 8.42 Å². The van der Waals surface area contributed by atoms with E-state index in [1.165, 1.54) is 6.07 Å². The zero-order chi connectivity index (χ0) is 13.9. The van der Waals surface area contributed by atoms with E-state index in [0.717, 1.165) is 10.6 Å². The van der Waals surface area contributed by atoms with Crippen LogP contribution in [0.4, 0.5) is 5.69 Å². The lowest BCUT2D eigenvalue weighted by molar-refractivity contribution is -0.119. The molecule has 0 spiro atoms. The van der Waals surface area contributed by atoms with Gasteiger partial charge >= 0.3 is 0 Å². The fourth-order valence-electron chi connectivity index (χ4n) is 1.70. The maximum atomic E-state index is 11.8. The minimum atomic E-state index is -3.62. The molecular weight excluding hydrogens is 276 g/mol. The molecule has 0 unspecified atom stereocenters. The van der Waals surface area contributed by atoms with Gasteiger partial charge in [0.25, 0.3) is 0 Å². The number of halogens is 1. The molecule has 100 valence electrons. The smallest absolute Gasteiger partial charge is 0.241 e. The number of nitrogens with two attached hydrogens (primary N) is 1. The molecule has 2 N–H and O–H groups in total. The molecule has 0 aliphatic rings. The first-order valence-corrected chi connectivity index (χ1v) is 7.54. The molecule has 0 radical (unpaired) electrons. The highest BCUT2D eigenvalue weighted by Gasteiger charge is 2.29. The van der Waals surface area contributed by atoms with E-state index in [4.69, 9.17) is 17.3 Å². The van der Waals surface area contributed by atoms with E-state index in [1.807, 2.05) is 0 Å². The van der Waals surface area contributed by atoms with E-state index < -0.39 is 22.0 Å². The van der Waals surface area contributed by atoms with Gasteiger partial charge in [0.15, 0.2) is 0 Å². The second kappa shape index (κ2) is 5.58. The molecule has 0 fully saturated rings. The molecule has 0 aromatic heterocycles. The zero-order valence-corrected chi connectivity index (χ0v) is 11.7. The van der Waals surface area contributed by atoms with Crippen LogP contribution in [0.2, 0.25) is 5.02 Å². The SMILES string of the molecule is CC[C@H](C(N)=O)N(c1cccc(Cl)c1)S(C)(=O)=O. The molecule has 0 aliphatic heterocycles. The molecular formula is C11H15ClN2O3S. The Balaban J connectivity index is 3.35. The predicted octanol–water partition coefficient (Wildman–Crippen LogP) is 1.37. The summed E-state index contributed by atoms with van der Waals surface area (Å²) in [6, 6.07) is 5.37. The summed E-state index contributed by atoms with van der Waals surface area (Å²) in [7, 11) is -3.62. The number of benzene rings is 1. The highest BCUT2D eigenvalue weighted by molar-refractivity contribution is 7.92. The number of nitrogens with zero attached hydrogens (tertiary/aromatic N) is 1. The van der Waals surface area contributed by atoms with Gasteiger partial charge in [-0.1, -0.05) is 24.6 Å². The fraction of sp³-hybridized carbons (Fsp3) is 0.364. The lowest BCUT2D eigenvalue weighted by Crippen LogP contribution is -2.47. The van der Waals surface area contributed by atoms with Crippen molar-refractivity contribution >= 4 is 33.2 Å². The van der Waals surface area contributed by atoms with Crippen LogP contribution in [0, 0.1) is 0 Å². The van der Waals surface area contributed by atoms with Crippen LogP contribution in [0.15, 0.2) is 24.3 Å². The summed E-state index contributed by atoms with van der Waals surface area (Å²) in [5.74, 6) is -0.692. The first-order valence-electron chi connectivity index (χ1n) is 5.31. The van der Waals surface area contributed by atoms with Crippen molar-refractivity contribution in [2.45, 2.75) is 19.4 Å². The third-order valence-corrected chi connectivity index (χ3v) is 3.83. The number of amides is 1. The molecule has 1 atom stereocenters. The van der Waals surface area contributed by atoms with E-state index in [2.05, 4.69) is 0 Å². The van der Waals surface area contributed by atoms with Crippen LogP contribution in [0.5, 0.6) is 0 Å². The molecule has 1 aromatic carbocycles. The minimum absolute atomic E-state index is 0.287. The zero-order valence-electron chi connectivity index (χ0n) is 10.1. The average molecular weight is 291 g/mol. The summed E-state index contributed by atoms with van der Waals surface area (Å²) in [6.45, 7) is 1.69. The van der Waals surface area contributed by atoms with Crippen LogP contribution in [0.1, 0.15) is 13.3 Å². The van der Waals surface area contributed by atoms with Gasteiger partial charge in [-0.05, 0) is 24.6 Å². The number of rotatable bonds is 5. The summed E-state index contributed by atoms with van der Waals surface area (Å²) >= 11 is 5.83. The first kappa shape index (κ1) is 14.8. The minimum Gasteiger partial charge on any atom is -0.368 e. The van der Waals surface area contributed by atoms with E-state index in [9.17, 15) is 13.2 Å². The molecule has 7 heteroatoms. The highest BCUT2D eigenvalue weighted by atomic mass is 35.5. The lowest BCUT2D eigenvalue weighted by atomic mass is 10.2. The first-order chi connectivity index (χ1) is 8.27. The summed E-state index contributed by atoms with van der Waals surface area (Å²) in [6.07, 6.45) is 1.31. The van der Waals surface area contributed by atoms with Crippen molar-refractivity contribution < 1.29 is 13.2 Å². The maximum Gasteiger partial charge on any atom is 0.241 e. The molecule has 5 nitrogen and oxygen atoms in total. The van der Waals surface area contributed by atoms with Gasteiger partial charge in [-0.2, -0.15) is 0 Å². The lowest BCUT2D eigenvalue weighted by Gasteiger charge is -2.28. The highest BCUT2D eigenvalue weighted by Crippen LogP contribution is 2.25. The molecule has 1 aromatic rings. The number of anilines is 1. The Labute approximate surface area is 112 Å². The van der Waals surface area contributed by atoms with Crippen molar-refractivity contribution in [1.29, 1.82) is 0 Å². The molecule has 1 rings (SSSR count). The fourth-order valence-corrected chi connectivity index (χ4v) is 3.09. The topological polar surface area (TPSA) is 80.5 Å². The number of carbonyl (C=O) groups is 1. The summed E-state index contributed by atoms with van der Waals surface area (Å²) in [5, 5.41) is 0.389. The van der Waals surface area contributed by atoms with Gasteiger partial charge in [0.05, 0.1) is 11.9 Å². The molecule has 0 bridgehead atoms. The van der Waals surface area contributed by atoms with E-state index in [1.54, 1.807) is 25.1 Å². The average Bonchev–Trinajstić information content (AvgIpc) is 2.23. The number of hydrogen-bond acceptors (Lipinski definition) is 3. The van der Waals surface area contributed by atoms with Crippen molar-refractivity contribution in [3.05, 3.63) is 29.3 Å². The van der Waals surface area contributed by atoms with Crippen LogP contribution in [0.3, 0.4) is 0 Å². The molecule has 0 heterocycles. The normalized spacial score (nSPS) is 13.1. The molecule has 18 heavy (non-hydrogen) atoms. The van der Waals surface area contributed by atoms with Crippen LogP contribution in [-0.4, -0.2) is 26.6 Å². The monoisotopic (exact) mass is 290 g/mol. The third-order valence-electron chi connectivity index (χ3n) is 2.42. The number of carbonyl (C=O) groups excluding carboxylic acids is 1. The largest absolute Gasteiger partial charge is 0.368 e. The van der Waals surface area contributed by atoms with E-state index in [0.29, 0.717) is 10.7 Å². The Bertz CT molecular complexity index is 545. The summed E-state index contributed by atoms with van der Waals surface area (Å²) in [4.78, 5) is 11.4. The number of sulfonamides is 1. The summed E-state index contributed by atoms with van der Waals surface area (Å²) in [5.41, 5.74) is 5.57. The van der Waals surface area contributed by atoms with Gasteiger partial charge in [0.1, 0.15) is 6.04 Å².